The second-order valence-corrected chi connectivity index (χ2v) is 9.69. The Labute approximate surface area is 177 Å². The number of pyridine rings is 1. The average molecular weight is 410 g/mol. The van der Waals surface area contributed by atoms with Gasteiger partial charge < -0.3 is 15.2 Å². The van der Waals surface area contributed by atoms with Crippen molar-refractivity contribution < 1.29 is 9.59 Å². The second-order valence-electron chi connectivity index (χ2n) is 9.69. The lowest BCUT2D eigenvalue weighted by molar-refractivity contribution is 0.0941. The maximum Gasteiger partial charge on any atom is 0.256 e. The molecule has 4 aliphatic carbocycles. The minimum atomic E-state index is -0.481. The minimum absolute atomic E-state index is 0.0514. The third-order valence-corrected chi connectivity index (χ3v) is 8.13. The maximum absolute atomic E-state index is 13.0. The maximum atomic E-state index is 13.0. The number of rotatable bonds is 5. The Bertz CT molecular complexity index is 953. The number of nitrogens with one attached hydrogen (secondary N) is 2. The third-order valence-electron chi connectivity index (χ3n) is 8.13. The van der Waals surface area contributed by atoms with Crippen LogP contribution in [0.1, 0.15) is 78.1 Å². The van der Waals surface area contributed by atoms with Crippen LogP contribution in [0.4, 0.5) is 0 Å². The van der Waals surface area contributed by atoms with Crippen molar-refractivity contribution in [3.05, 3.63) is 45.9 Å². The molecule has 1 heterocycles. The summed E-state index contributed by atoms with van der Waals surface area (Å²) in [5.41, 5.74) is 0.143. The van der Waals surface area contributed by atoms with E-state index in [1.54, 1.807) is 12.4 Å². The molecular weight excluding hydrogens is 378 g/mol. The summed E-state index contributed by atoms with van der Waals surface area (Å²) in [7, 11) is 1.51. The lowest BCUT2D eigenvalue weighted by Gasteiger charge is -2.26. The van der Waals surface area contributed by atoms with E-state index >= 15 is 0 Å². The fourth-order valence-electron chi connectivity index (χ4n) is 6.32. The summed E-state index contributed by atoms with van der Waals surface area (Å²) in [5, 5.41) is 5.57. The smallest absolute Gasteiger partial charge is 0.256 e. The average Bonchev–Trinajstić information content (AvgIpc) is 3.45. The van der Waals surface area contributed by atoms with Crippen molar-refractivity contribution in [2.24, 2.45) is 23.2 Å². The van der Waals surface area contributed by atoms with Gasteiger partial charge in [0.25, 0.3) is 11.8 Å². The summed E-state index contributed by atoms with van der Waals surface area (Å²) in [4.78, 5) is 38.3. The minimum Gasteiger partial charge on any atom is -0.355 e. The molecule has 1 aromatic heterocycles. The monoisotopic (exact) mass is 409 g/mol. The molecule has 1 aromatic rings. The van der Waals surface area contributed by atoms with Gasteiger partial charge in [-0.2, -0.15) is 0 Å². The molecule has 4 aliphatic rings. The Hall–Kier alpha value is -2.37. The molecule has 2 bridgehead atoms. The van der Waals surface area contributed by atoms with Gasteiger partial charge in [0.1, 0.15) is 11.1 Å². The predicted octanol–water partition coefficient (Wildman–Crippen LogP) is 3.05. The number of hydrogen-bond acceptors (Lipinski definition) is 3. The second kappa shape index (κ2) is 7.40. The van der Waals surface area contributed by atoms with Crippen molar-refractivity contribution in [1.29, 1.82) is 0 Å². The fraction of sp³-hybridized carbons (Fsp3) is 0.625. The molecule has 6 heteroatoms. The first-order valence-electron chi connectivity index (χ1n) is 11.5. The number of nitrogens with zero attached hydrogens (tertiary/aromatic N) is 1. The first-order chi connectivity index (χ1) is 14.5. The predicted molar refractivity (Wildman–Crippen MR) is 114 cm³/mol. The van der Waals surface area contributed by atoms with Gasteiger partial charge in [0.15, 0.2) is 0 Å². The first-order valence-corrected chi connectivity index (χ1v) is 11.5. The van der Waals surface area contributed by atoms with Gasteiger partial charge in [-0.15, -0.1) is 0 Å². The Morgan fingerprint density at radius 1 is 1.07 bits per heavy atom. The van der Waals surface area contributed by atoms with E-state index in [4.69, 9.17) is 0 Å². The Morgan fingerprint density at radius 2 is 1.77 bits per heavy atom. The van der Waals surface area contributed by atoms with Crippen molar-refractivity contribution in [1.82, 2.24) is 15.2 Å². The van der Waals surface area contributed by atoms with Crippen LogP contribution in [0.15, 0.2) is 29.3 Å². The summed E-state index contributed by atoms with van der Waals surface area (Å²) in [6, 6.07) is 0.236. The zero-order chi connectivity index (χ0) is 20.9. The molecule has 2 amide bonds. The lowest BCUT2D eigenvalue weighted by Crippen LogP contribution is -2.37. The third kappa shape index (κ3) is 3.12. The van der Waals surface area contributed by atoms with Crippen molar-refractivity contribution in [3.63, 3.8) is 0 Å². The summed E-state index contributed by atoms with van der Waals surface area (Å²) in [6.45, 7) is 0.596. The first kappa shape index (κ1) is 19.6. The topological polar surface area (TPSA) is 80.2 Å². The van der Waals surface area contributed by atoms with Crippen molar-refractivity contribution >= 4 is 11.8 Å². The molecule has 3 fully saturated rings. The van der Waals surface area contributed by atoms with Crippen LogP contribution in [-0.2, 0) is 0 Å². The Balaban J connectivity index is 1.37. The highest BCUT2D eigenvalue weighted by atomic mass is 16.2. The largest absolute Gasteiger partial charge is 0.355 e. The molecule has 0 aliphatic heterocycles. The van der Waals surface area contributed by atoms with E-state index in [1.807, 2.05) is 4.57 Å². The van der Waals surface area contributed by atoms with E-state index in [0.29, 0.717) is 29.7 Å². The van der Waals surface area contributed by atoms with Crippen LogP contribution in [0, 0.1) is 23.2 Å². The van der Waals surface area contributed by atoms with Crippen molar-refractivity contribution in [2.75, 3.05) is 13.6 Å². The molecule has 0 unspecified atom stereocenters. The van der Waals surface area contributed by atoms with Crippen LogP contribution in [-0.4, -0.2) is 30.0 Å². The number of carbonyl (C=O) groups is 2. The van der Waals surface area contributed by atoms with Crippen LogP contribution < -0.4 is 16.1 Å². The Kier molecular flexibility index (Phi) is 4.83. The Morgan fingerprint density at radius 3 is 2.40 bits per heavy atom. The fourth-order valence-corrected chi connectivity index (χ4v) is 6.32. The van der Waals surface area contributed by atoms with E-state index in [9.17, 15) is 14.4 Å². The van der Waals surface area contributed by atoms with Crippen molar-refractivity contribution in [3.8, 4) is 0 Å². The molecule has 0 radical (unpaired) electrons. The SMILES string of the molecule is CNC(=O)c1cn(C2CCCCC2)cc(C(=O)NC[C@@H]2C[C@H]3C=C[C@H]2C32CC2)c1=O. The van der Waals surface area contributed by atoms with Gasteiger partial charge >= 0.3 is 0 Å². The van der Waals surface area contributed by atoms with Gasteiger partial charge in [0, 0.05) is 32.0 Å². The molecule has 3 saturated carbocycles. The summed E-state index contributed by atoms with van der Waals surface area (Å²) >= 11 is 0. The normalized spacial score (nSPS) is 28.6. The molecule has 0 aromatic carbocycles. The highest BCUT2D eigenvalue weighted by Crippen LogP contribution is 2.69. The summed E-state index contributed by atoms with van der Waals surface area (Å²) < 4.78 is 1.93. The molecule has 6 nitrogen and oxygen atoms in total. The van der Waals surface area contributed by atoms with Crippen molar-refractivity contribution in [2.45, 2.75) is 57.4 Å². The van der Waals surface area contributed by atoms with E-state index in [2.05, 4.69) is 22.8 Å². The van der Waals surface area contributed by atoms with Gasteiger partial charge in [-0.25, -0.2) is 0 Å². The zero-order valence-corrected chi connectivity index (χ0v) is 17.7. The molecule has 2 N–H and O–H groups in total. The zero-order valence-electron chi connectivity index (χ0n) is 17.7. The van der Waals surface area contributed by atoms with Gasteiger partial charge in [-0.3, -0.25) is 14.4 Å². The number of allylic oxidation sites excluding steroid dienone is 2. The van der Waals surface area contributed by atoms with Gasteiger partial charge in [-0.1, -0.05) is 31.4 Å². The molecule has 1 spiro atoms. The lowest BCUT2D eigenvalue weighted by atomic mass is 9.89. The van der Waals surface area contributed by atoms with Gasteiger partial charge in [0.2, 0.25) is 5.43 Å². The van der Waals surface area contributed by atoms with Crippen LogP contribution in [0.5, 0.6) is 0 Å². The van der Waals surface area contributed by atoms with Crippen LogP contribution in [0.25, 0.3) is 0 Å². The molecule has 160 valence electrons. The molecular formula is C24H31N3O3. The summed E-state index contributed by atoms with van der Waals surface area (Å²) in [6.07, 6.45) is 17.3. The highest BCUT2D eigenvalue weighted by Gasteiger charge is 2.62. The molecule has 5 rings (SSSR count). The highest BCUT2D eigenvalue weighted by molar-refractivity contribution is 5.99. The molecule has 3 atom stereocenters. The molecule has 0 saturated heterocycles. The van der Waals surface area contributed by atoms with E-state index in [1.165, 1.54) is 26.3 Å². The number of amides is 2. The summed E-state index contributed by atoms with van der Waals surface area (Å²) in [5.74, 6) is 0.901. The van der Waals surface area contributed by atoms with Crippen LogP contribution >= 0.6 is 0 Å². The quantitative estimate of drug-likeness (QED) is 0.734. The van der Waals surface area contributed by atoms with E-state index in [0.717, 1.165) is 32.1 Å². The standard InChI is InChI=1S/C24H31N3O3/c1-25-22(29)18-13-27(17-5-3-2-4-6-17)14-19(21(18)28)23(30)26-12-15-11-16-7-8-20(15)24(16)9-10-24/h7-8,13-17,20H,2-6,9-12H2,1H3,(H,25,29)(H,26,30)/t15-,16+,20+/m0/s1. The van der Waals surface area contributed by atoms with Gasteiger partial charge in [-0.05, 0) is 55.3 Å². The van der Waals surface area contributed by atoms with Crippen LogP contribution in [0.2, 0.25) is 0 Å². The number of aromatic nitrogens is 1. The van der Waals surface area contributed by atoms with Gasteiger partial charge in [0.05, 0.1) is 0 Å². The number of hydrogen-bond donors (Lipinski definition) is 2. The van der Waals surface area contributed by atoms with E-state index < -0.39 is 11.3 Å². The molecule has 30 heavy (non-hydrogen) atoms. The number of carbonyl (C=O) groups excluding carboxylic acids is 2. The van der Waals surface area contributed by atoms with Crippen LogP contribution in [0.3, 0.4) is 0 Å². The van der Waals surface area contributed by atoms with E-state index in [-0.39, 0.29) is 23.1 Å².